The smallest absolute Gasteiger partial charge is 0.338 e. The van der Waals surface area contributed by atoms with Gasteiger partial charge in [-0.05, 0) is 58.7 Å². The molecule has 0 radical (unpaired) electrons. The number of nitrogens with zero attached hydrogens (tertiary/aromatic N) is 1. The van der Waals surface area contributed by atoms with Gasteiger partial charge in [0.2, 0.25) is 11.8 Å². The van der Waals surface area contributed by atoms with Crippen LogP contribution < -0.4 is 4.90 Å². The van der Waals surface area contributed by atoms with Crippen LogP contribution >= 0.6 is 46.4 Å². The number of carbonyl (C=O) groups excluding carboxylic acids is 3. The van der Waals surface area contributed by atoms with E-state index in [1.54, 1.807) is 30.3 Å². The van der Waals surface area contributed by atoms with Gasteiger partial charge >= 0.3 is 5.97 Å². The molecule has 4 aromatic carbocycles. The van der Waals surface area contributed by atoms with Crippen molar-refractivity contribution in [2.45, 2.75) is 16.4 Å². The molecule has 9 heteroatoms. The molecule has 1 aliphatic heterocycles. The highest BCUT2D eigenvalue weighted by molar-refractivity contribution is 6.38. The van der Waals surface area contributed by atoms with E-state index in [1.165, 1.54) is 12.1 Å². The Hall–Kier alpha value is -3.35. The summed E-state index contributed by atoms with van der Waals surface area (Å²) in [4.78, 5) is 39.5. The van der Waals surface area contributed by atoms with Crippen molar-refractivity contribution < 1.29 is 19.1 Å². The summed E-state index contributed by atoms with van der Waals surface area (Å²) < 4.78 is 5.41. The predicted octanol–water partition coefficient (Wildman–Crippen LogP) is 7.45. The average Bonchev–Trinajstić information content (AvgIpc) is 3.26. The summed E-state index contributed by atoms with van der Waals surface area (Å²) in [6.07, 6.45) is 0. The van der Waals surface area contributed by atoms with Crippen LogP contribution in [0.15, 0.2) is 91.0 Å². The SMILES string of the molecule is O=C(OCc1ccc(Cl)cc1Cl)c1ccc(N2C(=O)[C@@H]3[C@H](C2=O)C2(Cl)c4ccccc4C3(Cl)c3ccccc32)cc1. The van der Waals surface area contributed by atoms with Gasteiger partial charge in [0.25, 0.3) is 0 Å². The van der Waals surface area contributed by atoms with Crippen LogP contribution in [0.3, 0.4) is 0 Å². The Morgan fingerprint density at radius 1 is 0.732 bits per heavy atom. The van der Waals surface area contributed by atoms with Crippen LogP contribution in [0.5, 0.6) is 0 Å². The van der Waals surface area contributed by atoms with Crippen LogP contribution in [0.2, 0.25) is 10.0 Å². The molecular formula is C32H19Cl4NO4. The van der Waals surface area contributed by atoms with Gasteiger partial charge in [0.05, 0.1) is 23.1 Å². The number of benzene rings is 4. The number of esters is 1. The van der Waals surface area contributed by atoms with E-state index in [-0.39, 0.29) is 12.2 Å². The first-order chi connectivity index (χ1) is 19.7. The van der Waals surface area contributed by atoms with Crippen molar-refractivity contribution in [3.05, 3.63) is 134 Å². The highest BCUT2D eigenvalue weighted by Crippen LogP contribution is 2.69. The maximum atomic E-state index is 14.1. The van der Waals surface area contributed by atoms with Crippen LogP contribution in [0.4, 0.5) is 5.69 Å². The number of alkyl halides is 2. The van der Waals surface area contributed by atoms with Crippen LogP contribution in [0, 0.1) is 11.8 Å². The number of ether oxygens (including phenoxy) is 1. The van der Waals surface area contributed by atoms with Crippen molar-refractivity contribution in [3.8, 4) is 0 Å². The lowest BCUT2D eigenvalue weighted by molar-refractivity contribution is -0.122. The fourth-order valence-electron chi connectivity index (χ4n) is 6.53. The minimum Gasteiger partial charge on any atom is -0.457 e. The van der Waals surface area contributed by atoms with Crippen LogP contribution in [0.1, 0.15) is 38.2 Å². The topological polar surface area (TPSA) is 63.7 Å². The zero-order chi connectivity index (χ0) is 28.7. The Morgan fingerprint density at radius 3 is 1.68 bits per heavy atom. The first-order valence-electron chi connectivity index (χ1n) is 12.8. The fourth-order valence-corrected chi connectivity index (χ4v) is 8.09. The molecular weight excluding hydrogens is 604 g/mol. The van der Waals surface area contributed by atoms with Crippen molar-refractivity contribution in [2.24, 2.45) is 11.8 Å². The van der Waals surface area contributed by atoms with E-state index in [2.05, 4.69) is 0 Å². The van der Waals surface area contributed by atoms with Gasteiger partial charge in [-0.25, -0.2) is 9.69 Å². The molecule has 2 bridgehead atoms. The van der Waals surface area contributed by atoms with Gasteiger partial charge < -0.3 is 4.74 Å². The molecule has 0 aromatic heterocycles. The van der Waals surface area contributed by atoms with E-state index in [0.29, 0.717) is 21.3 Å². The van der Waals surface area contributed by atoms with Crippen molar-refractivity contribution in [1.29, 1.82) is 0 Å². The second-order valence-electron chi connectivity index (χ2n) is 10.3. The molecule has 2 amide bonds. The second-order valence-corrected chi connectivity index (χ2v) is 12.4. The Bertz CT molecular complexity index is 1670. The lowest BCUT2D eigenvalue weighted by Gasteiger charge is -2.54. The van der Waals surface area contributed by atoms with Gasteiger partial charge in [-0.15, -0.1) is 23.2 Å². The largest absolute Gasteiger partial charge is 0.457 e. The maximum Gasteiger partial charge on any atom is 0.338 e. The van der Waals surface area contributed by atoms with E-state index < -0.39 is 39.4 Å². The number of halogens is 4. The number of anilines is 1. The molecule has 1 fully saturated rings. The molecule has 204 valence electrons. The third kappa shape index (κ3) is 3.59. The van der Waals surface area contributed by atoms with E-state index in [0.717, 1.165) is 27.2 Å². The zero-order valence-corrected chi connectivity index (χ0v) is 24.1. The average molecular weight is 623 g/mol. The standard InChI is InChI=1S/C32H19Cl4NO4/c33-19-12-9-18(25(34)15-19)16-41-30(40)17-10-13-20(14-11-17)37-28(38)26-27(29(37)39)32(36)22-6-2-1-5-21(22)31(26,35)23-7-3-4-8-24(23)32/h1-15,26-27H,16H2/t26-,27+,31?,32?. The normalized spacial score (nSPS) is 25.5. The monoisotopic (exact) mass is 621 g/mol. The Morgan fingerprint density at radius 2 is 1.22 bits per heavy atom. The van der Waals surface area contributed by atoms with E-state index in [1.807, 2.05) is 48.5 Å². The quantitative estimate of drug-likeness (QED) is 0.135. The summed E-state index contributed by atoms with van der Waals surface area (Å²) in [6, 6.07) is 26.0. The molecule has 0 N–H and O–H groups in total. The molecule has 0 unspecified atom stereocenters. The minimum atomic E-state index is -1.26. The predicted molar refractivity (Wildman–Crippen MR) is 158 cm³/mol. The molecule has 1 heterocycles. The zero-order valence-electron chi connectivity index (χ0n) is 21.1. The lowest BCUT2D eigenvalue weighted by atomic mass is 9.54. The van der Waals surface area contributed by atoms with Crippen LogP contribution in [0.25, 0.3) is 0 Å². The Labute approximate surface area is 255 Å². The Kier molecular flexibility index (Phi) is 6.04. The van der Waals surface area contributed by atoms with Gasteiger partial charge in [0.15, 0.2) is 0 Å². The summed E-state index contributed by atoms with van der Waals surface area (Å²) in [7, 11) is 0. The number of imide groups is 1. The molecule has 0 spiro atoms. The van der Waals surface area contributed by atoms with Gasteiger partial charge in [-0.2, -0.15) is 0 Å². The van der Waals surface area contributed by atoms with Crippen molar-refractivity contribution in [2.75, 3.05) is 4.90 Å². The van der Waals surface area contributed by atoms with Gasteiger partial charge in [-0.3, -0.25) is 9.59 Å². The van der Waals surface area contributed by atoms with Gasteiger partial charge in [0.1, 0.15) is 16.4 Å². The number of hydrogen-bond acceptors (Lipinski definition) is 4. The molecule has 1 saturated heterocycles. The molecule has 5 nitrogen and oxygen atoms in total. The first kappa shape index (κ1) is 26.5. The number of hydrogen-bond donors (Lipinski definition) is 0. The molecule has 2 atom stereocenters. The highest BCUT2D eigenvalue weighted by atomic mass is 35.5. The molecule has 4 aromatic rings. The lowest BCUT2D eigenvalue weighted by Crippen LogP contribution is -2.57. The summed E-state index contributed by atoms with van der Waals surface area (Å²) in [5, 5.41) is 0.869. The van der Waals surface area contributed by atoms with Crippen molar-refractivity contribution >= 4 is 69.9 Å². The summed E-state index contributed by atoms with van der Waals surface area (Å²) >= 11 is 27.0. The van der Waals surface area contributed by atoms with E-state index >= 15 is 0 Å². The molecule has 0 saturated carbocycles. The van der Waals surface area contributed by atoms with Crippen molar-refractivity contribution in [1.82, 2.24) is 0 Å². The molecule has 41 heavy (non-hydrogen) atoms. The number of amides is 2. The van der Waals surface area contributed by atoms with Crippen molar-refractivity contribution in [3.63, 3.8) is 0 Å². The summed E-state index contributed by atoms with van der Waals surface area (Å²) in [6.45, 7) is -0.0419. The number of carbonyl (C=O) groups is 3. The maximum absolute atomic E-state index is 14.1. The number of rotatable bonds is 4. The Balaban J connectivity index is 1.21. The summed E-state index contributed by atoms with van der Waals surface area (Å²) in [5.74, 6) is -3.27. The summed E-state index contributed by atoms with van der Waals surface area (Å²) in [5.41, 5.74) is 4.12. The van der Waals surface area contributed by atoms with Gasteiger partial charge in [-0.1, -0.05) is 77.8 Å². The first-order valence-corrected chi connectivity index (χ1v) is 14.3. The highest BCUT2D eigenvalue weighted by Gasteiger charge is 2.73. The molecule has 3 aliphatic carbocycles. The van der Waals surface area contributed by atoms with Crippen LogP contribution in [-0.2, 0) is 30.7 Å². The van der Waals surface area contributed by atoms with E-state index in [4.69, 9.17) is 51.1 Å². The molecule has 4 aliphatic rings. The van der Waals surface area contributed by atoms with Crippen LogP contribution in [-0.4, -0.2) is 17.8 Å². The third-order valence-corrected chi connectivity index (χ3v) is 10.2. The second kappa shape index (κ2) is 9.33. The fraction of sp³-hybridized carbons (Fsp3) is 0.156. The minimum absolute atomic E-state index is 0.0419. The third-order valence-electron chi connectivity index (χ3n) is 8.32. The van der Waals surface area contributed by atoms with Gasteiger partial charge in [0, 0.05) is 15.6 Å². The molecule has 8 rings (SSSR count). The van der Waals surface area contributed by atoms with E-state index in [9.17, 15) is 14.4 Å².